The van der Waals surface area contributed by atoms with Crippen LogP contribution in [0.15, 0.2) is 42.6 Å². The maximum Gasteiger partial charge on any atom is 0.270 e. The fourth-order valence-electron chi connectivity index (χ4n) is 2.96. The largest absolute Gasteiger partial charge is 0.360 e. The van der Waals surface area contributed by atoms with Crippen LogP contribution in [0.1, 0.15) is 25.3 Å². The first kappa shape index (κ1) is 17.6. The number of carbonyl (C=O) groups excluding carboxylic acids is 1. The van der Waals surface area contributed by atoms with Crippen molar-refractivity contribution in [2.45, 2.75) is 31.7 Å². The lowest BCUT2D eigenvalue weighted by atomic mass is 10.1. The highest BCUT2D eigenvalue weighted by Crippen LogP contribution is 2.29. The van der Waals surface area contributed by atoms with Gasteiger partial charge in [-0.05, 0) is 49.2 Å². The third kappa shape index (κ3) is 4.07. The van der Waals surface area contributed by atoms with Crippen molar-refractivity contribution >= 4 is 29.0 Å². The summed E-state index contributed by atoms with van der Waals surface area (Å²) in [5, 5.41) is 3.29. The Kier molecular flexibility index (Phi) is 4.90. The Labute approximate surface area is 149 Å². The highest BCUT2D eigenvalue weighted by molar-refractivity contribution is 6.30. The molecule has 1 fully saturated rings. The molecule has 0 unspecified atom stereocenters. The monoisotopic (exact) mass is 365 g/mol. The number of aromatic nitrogens is 1. The molecule has 1 aliphatic rings. The van der Waals surface area contributed by atoms with Crippen LogP contribution in [-0.4, -0.2) is 23.5 Å². The molecule has 1 aliphatic heterocycles. The minimum atomic E-state index is -2.98. The van der Waals surface area contributed by atoms with Crippen molar-refractivity contribution in [3.05, 3.63) is 53.2 Å². The van der Waals surface area contributed by atoms with Crippen LogP contribution in [0.5, 0.6) is 0 Å². The van der Waals surface area contributed by atoms with Gasteiger partial charge in [0, 0.05) is 35.9 Å². The summed E-state index contributed by atoms with van der Waals surface area (Å²) in [6, 6.07) is 9.37. The standard InChI is InChI=1S/C18H18ClF2N3O/c1-18(20,21)12-8-9-22-16(11-12)23-17(25)15-3-2-10-24(15)14-6-4-13(19)5-7-14/h4-9,11,15H,2-3,10H2,1H3,(H,22,23,25)/t15-/m0/s1. The summed E-state index contributed by atoms with van der Waals surface area (Å²) in [6.45, 7) is 1.56. The van der Waals surface area contributed by atoms with E-state index in [1.54, 1.807) is 12.1 Å². The number of halogens is 3. The first-order chi connectivity index (χ1) is 11.8. The van der Waals surface area contributed by atoms with Crippen LogP contribution in [-0.2, 0) is 10.7 Å². The van der Waals surface area contributed by atoms with E-state index in [-0.39, 0.29) is 23.3 Å². The lowest BCUT2D eigenvalue weighted by Crippen LogP contribution is -2.39. The maximum absolute atomic E-state index is 13.4. The average molecular weight is 366 g/mol. The lowest BCUT2D eigenvalue weighted by molar-refractivity contribution is -0.117. The number of carbonyl (C=O) groups is 1. The molecule has 3 rings (SSSR count). The molecule has 1 N–H and O–H groups in total. The fourth-order valence-corrected chi connectivity index (χ4v) is 3.09. The zero-order chi connectivity index (χ0) is 18.0. The molecule has 0 spiro atoms. The summed E-state index contributed by atoms with van der Waals surface area (Å²) < 4.78 is 26.9. The number of nitrogens with zero attached hydrogens (tertiary/aromatic N) is 2. The van der Waals surface area contributed by atoms with E-state index in [0.717, 1.165) is 25.6 Å². The normalized spacial score (nSPS) is 17.6. The molecule has 132 valence electrons. The third-order valence-electron chi connectivity index (χ3n) is 4.23. The molecular formula is C18H18ClF2N3O. The van der Waals surface area contributed by atoms with E-state index in [1.165, 1.54) is 18.3 Å². The molecule has 0 aliphatic carbocycles. The average Bonchev–Trinajstić information content (AvgIpc) is 3.05. The van der Waals surface area contributed by atoms with Gasteiger partial charge in [0.05, 0.1) is 0 Å². The van der Waals surface area contributed by atoms with Crippen molar-refractivity contribution in [2.75, 3.05) is 16.8 Å². The second-order valence-corrected chi connectivity index (χ2v) is 6.57. The fraction of sp³-hybridized carbons (Fsp3) is 0.333. The van der Waals surface area contributed by atoms with E-state index in [4.69, 9.17) is 11.6 Å². The summed E-state index contributed by atoms with van der Waals surface area (Å²) in [5.74, 6) is -3.10. The Bertz CT molecular complexity index is 762. The Morgan fingerprint density at radius 3 is 2.72 bits per heavy atom. The van der Waals surface area contributed by atoms with Crippen molar-refractivity contribution in [1.29, 1.82) is 0 Å². The van der Waals surface area contributed by atoms with Crippen LogP contribution >= 0.6 is 11.6 Å². The summed E-state index contributed by atoms with van der Waals surface area (Å²) in [5.41, 5.74) is 0.725. The van der Waals surface area contributed by atoms with Crippen LogP contribution < -0.4 is 10.2 Å². The molecule has 4 nitrogen and oxygen atoms in total. The highest BCUT2D eigenvalue weighted by Gasteiger charge is 2.31. The molecular weight excluding hydrogens is 348 g/mol. The minimum Gasteiger partial charge on any atom is -0.360 e. The molecule has 1 saturated heterocycles. The van der Waals surface area contributed by atoms with Crippen LogP contribution in [0.25, 0.3) is 0 Å². The van der Waals surface area contributed by atoms with Gasteiger partial charge in [-0.1, -0.05) is 11.6 Å². The zero-order valence-corrected chi connectivity index (χ0v) is 14.4. The predicted octanol–water partition coefficient (Wildman–Crippen LogP) is 4.45. The number of hydrogen-bond acceptors (Lipinski definition) is 3. The van der Waals surface area contributed by atoms with Gasteiger partial charge in [0.2, 0.25) is 5.91 Å². The second kappa shape index (κ2) is 6.96. The van der Waals surface area contributed by atoms with Crippen molar-refractivity contribution in [2.24, 2.45) is 0 Å². The van der Waals surface area contributed by atoms with Gasteiger partial charge >= 0.3 is 0 Å². The molecule has 1 aromatic heterocycles. The van der Waals surface area contributed by atoms with E-state index < -0.39 is 5.92 Å². The molecule has 0 saturated carbocycles. The van der Waals surface area contributed by atoms with Crippen molar-refractivity contribution in [1.82, 2.24) is 4.98 Å². The topological polar surface area (TPSA) is 45.2 Å². The van der Waals surface area contributed by atoms with Crippen LogP contribution in [0.4, 0.5) is 20.3 Å². The molecule has 0 bridgehead atoms. The molecule has 7 heteroatoms. The van der Waals surface area contributed by atoms with E-state index in [2.05, 4.69) is 10.3 Å². The number of rotatable bonds is 4. The van der Waals surface area contributed by atoms with Gasteiger partial charge < -0.3 is 10.2 Å². The quantitative estimate of drug-likeness (QED) is 0.870. The smallest absolute Gasteiger partial charge is 0.270 e. The Morgan fingerprint density at radius 2 is 2.04 bits per heavy atom. The predicted molar refractivity (Wildman–Crippen MR) is 94.3 cm³/mol. The molecule has 2 aromatic rings. The van der Waals surface area contributed by atoms with Gasteiger partial charge in [0.1, 0.15) is 11.9 Å². The highest BCUT2D eigenvalue weighted by atomic mass is 35.5. The number of nitrogens with one attached hydrogen (secondary N) is 1. The summed E-state index contributed by atoms with van der Waals surface area (Å²) in [4.78, 5) is 18.6. The van der Waals surface area contributed by atoms with Gasteiger partial charge in [-0.15, -0.1) is 0 Å². The van der Waals surface area contributed by atoms with Gasteiger partial charge in [-0.25, -0.2) is 13.8 Å². The number of anilines is 2. The van der Waals surface area contributed by atoms with E-state index >= 15 is 0 Å². The number of pyridine rings is 1. The van der Waals surface area contributed by atoms with E-state index in [9.17, 15) is 13.6 Å². The molecule has 1 atom stereocenters. The number of amides is 1. The first-order valence-electron chi connectivity index (χ1n) is 8.02. The Morgan fingerprint density at radius 1 is 1.32 bits per heavy atom. The number of alkyl halides is 2. The van der Waals surface area contributed by atoms with Gasteiger partial charge in [0.25, 0.3) is 5.92 Å². The second-order valence-electron chi connectivity index (χ2n) is 6.14. The van der Waals surface area contributed by atoms with Crippen molar-refractivity contribution < 1.29 is 13.6 Å². The first-order valence-corrected chi connectivity index (χ1v) is 8.40. The van der Waals surface area contributed by atoms with Crippen molar-refractivity contribution in [3.63, 3.8) is 0 Å². The van der Waals surface area contributed by atoms with Gasteiger partial charge in [-0.3, -0.25) is 4.79 Å². The SMILES string of the molecule is CC(F)(F)c1ccnc(NC(=O)[C@@H]2CCCN2c2ccc(Cl)cc2)c1. The molecule has 0 radical (unpaired) electrons. The number of benzene rings is 1. The third-order valence-corrected chi connectivity index (χ3v) is 4.48. The molecule has 1 aromatic carbocycles. The van der Waals surface area contributed by atoms with E-state index in [0.29, 0.717) is 11.4 Å². The van der Waals surface area contributed by atoms with Gasteiger partial charge in [0.15, 0.2) is 0 Å². The molecule has 25 heavy (non-hydrogen) atoms. The van der Waals surface area contributed by atoms with Crippen LogP contribution in [0.3, 0.4) is 0 Å². The van der Waals surface area contributed by atoms with Crippen molar-refractivity contribution in [3.8, 4) is 0 Å². The lowest BCUT2D eigenvalue weighted by Gasteiger charge is -2.26. The summed E-state index contributed by atoms with van der Waals surface area (Å²) in [7, 11) is 0. The Hall–Kier alpha value is -2.21. The maximum atomic E-state index is 13.4. The molecule has 2 heterocycles. The van der Waals surface area contributed by atoms with Gasteiger partial charge in [-0.2, -0.15) is 0 Å². The molecule has 1 amide bonds. The van der Waals surface area contributed by atoms with Crippen LogP contribution in [0, 0.1) is 0 Å². The van der Waals surface area contributed by atoms with Crippen LogP contribution in [0.2, 0.25) is 5.02 Å². The zero-order valence-electron chi connectivity index (χ0n) is 13.7. The summed E-state index contributed by atoms with van der Waals surface area (Å²) in [6.07, 6.45) is 2.84. The minimum absolute atomic E-state index is 0.131. The Balaban J connectivity index is 1.75. The van der Waals surface area contributed by atoms with E-state index in [1.807, 2.05) is 17.0 Å². The number of hydrogen-bond donors (Lipinski definition) is 1. The summed E-state index contributed by atoms with van der Waals surface area (Å²) >= 11 is 5.91.